The third kappa shape index (κ3) is 4.13. The van der Waals surface area contributed by atoms with Crippen LogP contribution in [-0.4, -0.2) is 40.8 Å². The van der Waals surface area contributed by atoms with Crippen molar-refractivity contribution < 1.29 is 23.8 Å². The normalized spacial score (nSPS) is 17.9. The van der Waals surface area contributed by atoms with Crippen molar-refractivity contribution in [3.05, 3.63) is 35.6 Å². The number of rotatable bonds is 3. The lowest BCUT2D eigenvalue weighted by Crippen LogP contribution is -2.51. The number of hydrogen-bond acceptors (Lipinski definition) is 4. The summed E-state index contributed by atoms with van der Waals surface area (Å²) in [4.78, 5) is 25.4. The van der Waals surface area contributed by atoms with Crippen LogP contribution in [0.3, 0.4) is 0 Å². The second kappa shape index (κ2) is 7.32. The summed E-state index contributed by atoms with van der Waals surface area (Å²) in [6.07, 6.45) is -0.00495. The van der Waals surface area contributed by atoms with Gasteiger partial charge in [-0.2, -0.15) is 5.26 Å². The van der Waals surface area contributed by atoms with Gasteiger partial charge in [-0.25, -0.2) is 9.18 Å². The van der Waals surface area contributed by atoms with Gasteiger partial charge in [0.2, 0.25) is 0 Å². The molecule has 0 aromatic heterocycles. The van der Waals surface area contributed by atoms with Crippen LogP contribution in [0.25, 0.3) is 0 Å². The SMILES string of the molecule is CC(C)(C)OC(=O)N1CCC(c2cccc(F)c2)(C(C#N)C(=O)O)CC1. The van der Waals surface area contributed by atoms with Crippen molar-refractivity contribution in [1.82, 2.24) is 4.90 Å². The Hall–Kier alpha value is -2.62. The number of halogens is 1. The van der Waals surface area contributed by atoms with E-state index in [9.17, 15) is 24.3 Å². The van der Waals surface area contributed by atoms with Crippen molar-refractivity contribution in [2.24, 2.45) is 5.92 Å². The van der Waals surface area contributed by atoms with Gasteiger partial charge in [0.25, 0.3) is 0 Å². The highest BCUT2D eigenvalue weighted by molar-refractivity contribution is 5.76. The molecule has 1 aliphatic rings. The maximum Gasteiger partial charge on any atom is 0.410 e. The van der Waals surface area contributed by atoms with E-state index in [0.717, 1.165) is 0 Å². The van der Waals surface area contributed by atoms with Crippen LogP contribution in [-0.2, 0) is 14.9 Å². The molecule has 1 aliphatic heterocycles. The zero-order valence-electron chi connectivity index (χ0n) is 15.2. The molecule has 1 aromatic carbocycles. The molecule has 140 valence electrons. The maximum absolute atomic E-state index is 13.7. The van der Waals surface area contributed by atoms with Crippen molar-refractivity contribution >= 4 is 12.1 Å². The number of hydrogen-bond donors (Lipinski definition) is 1. The Balaban J connectivity index is 2.31. The first-order chi connectivity index (χ1) is 12.1. The third-order valence-electron chi connectivity index (χ3n) is 4.64. The van der Waals surface area contributed by atoms with E-state index in [4.69, 9.17) is 4.74 Å². The summed E-state index contributed by atoms with van der Waals surface area (Å²) in [6.45, 7) is 5.76. The van der Waals surface area contributed by atoms with E-state index in [0.29, 0.717) is 5.56 Å². The summed E-state index contributed by atoms with van der Waals surface area (Å²) in [7, 11) is 0. The molecule has 6 nitrogen and oxygen atoms in total. The van der Waals surface area contributed by atoms with E-state index >= 15 is 0 Å². The van der Waals surface area contributed by atoms with E-state index in [1.165, 1.54) is 23.1 Å². The number of carbonyl (C=O) groups is 2. The Morgan fingerprint density at radius 1 is 1.35 bits per heavy atom. The molecule has 0 saturated carbocycles. The number of amides is 1. The lowest BCUT2D eigenvalue weighted by Gasteiger charge is -2.43. The Labute approximate surface area is 152 Å². The summed E-state index contributed by atoms with van der Waals surface area (Å²) in [5.41, 5.74) is -1.22. The minimum absolute atomic E-state index is 0.233. The summed E-state index contributed by atoms with van der Waals surface area (Å²) in [5, 5.41) is 19.0. The molecule has 0 spiro atoms. The Morgan fingerprint density at radius 3 is 2.42 bits per heavy atom. The molecule has 1 atom stereocenters. The van der Waals surface area contributed by atoms with Gasteiger partial charge >= 0.3 is 12.1 Å². The summed E-state index contributed by atoms with van der Waals surface area (Å²) < 4.78 is 19.1. The summed E-state index contributed by atoms with van der Waals surface area (Å²) in [5.74, 6) is -3.06. The van der Waals surface area contributed by atoms with E-state index < -0.39 is 34.8 Å². The predicted octanol–water partition coefficient (Wildman–Crippen LogP) is 3.32. The molecule has 1 heterocycles. The number of nitriles is 1. The van der Waals surface area contributed by atoms with E-state index in [1.807, 2.05) is 6.07 Å². The molecule has 1 amide bonds. The molecule has 0 bridgehead atoms. The van der Waals surface area contributed by atoms with Gasteiger partial charge in [-0.15, -0.1) is 0 Å². The zero-order chi connectivity index (χ0) is 19.5. The summed E-state index contributed by atoms with van der Waals surface area (Å²) >= 11 is 0. The number of benzene rings is 1. The van der Waals surface area contributed by atoms with Gasteiger partial charge in [-0.3, -0.25) is 4.79 Å². The van der Waals surface area contributed by atoms with E-state index in [-0.39, 0.29) is 25.9 Å². The fourth-order valence-electron chi connectivity index (χ4n) is 3.37. The average Bonchev–Trinajstić information content (AvgIpc) is 2.54. The first-order valence-electron chi connectivity index (χ1n) is 8.45. The summed E-state index contributed by atoms with van der Waals surface area (Å²) in [6, 6.07) is 7.54. The van der Waals surface area contributed by atoms with Crippen molar-refractivity contribution in [3.8, 4) is 6.07 Å². The molecule has 1 unspecified atom stereocenters. The quantitative estimate of drug-likeness (QED) is 0.891. The zero-order valence-corrected chi connectivity index (χ0v) is 15.2. The topological polar surface area (TPSA) is 90.6 Å². The third-order valence-corrected chi connectivity index (χ3v) is 4.64. The van der Waals surface area contributed by atoms with E-state index in [2.05, 4.69) is 0 Å². The monoisotopic (exact) mass is 362 g/mol. The van der Waals surface area contributed by atoms with E-state index in [1.54, 1.807) is 26.8 Å². The van der Waals surface area contributed by atoms with Gasteiger partial charge in [0, 0.05) is 18.5 Å². The van der Waals surface area contributed by atoms with Gasteiger partial charge in [0.1, 0.15) is 11.4 Å². The minimum atomic E-state index is -1.33. The largest absolute Gasteiger partial charge is 0.480 e. The predicted molar refractivity (Wildman–Crippen MR) is 91.9 cm³/mol. The fourth-order valence-corrected chi connectivity index (χ4v) is 3.37. The second-order valence-corrected chi connectivity index (χ2v) is 7.53. The van der Waals surface area contributed by atoms with Crippen LogP contribution in [0.2, 0.25) is 0 Å². The van der Waals surface area contributed by atoms with Gasteiger partial charge in [0.15, 0.2) is 5.92 Å². The molecular weight excluding hydrogens is 339 g/mol. The van der Waals surface area contributed by atoms with Gasteiger partial charge < -0.3 is 14.7 Å². The Bertz CT molecular complexity index is 728. The van der Waals surface area contributed by atoms with Crippen LogP contribution in [0.15, 0.2) is 24.3 Å². The number of carbonyl (C=O) groups excluding carboxylic acids is 1. The highest BCUT2D eigenvalue weighted by Gasteiger charge is 2.48. The maximum atomic E-state index is 13.7. The average molecular weight is 362 g/mol. The molecule has 1 N–H and O–H groups in total. The van der Waals surface area contributed by atoms with Gasteiger partial charge in [0.05, 0.1) is 6.07 Å². The minimum Gasteiger partial charge on any atom is -0.480 e. The van der Waals surface area contributed by atoms with Gasteiger partial charge in [-0.1, -0.05) is 12.1 Å². The standard InChI is InChI=1S/C19H23FN2O4/c1-18(2,3)26-17(25)22-9-7-19(8-10-22,15(12-21)16(23)24)13-5-4-6-14(20)11-13/h4-6,11,15H,7-10H2,1-3H3,(H,23,24). The number of piperidine rings is 1. The Morgan fingerprint density at radius 2 is 1.96 bits per heavy atom. The molecule has 2 rings (SSSR count). The van der Waals surface area contributed by atoms with Crippen LogP contribution in [0.5, 0.6) is 0 Å². The second-order valence-electron chi connectivity index (χ2n) is 7.53. The number of nitrogens with zero attached hydrogens (tertiary/aromatic N) is 2. The first kappa shape index (κ1) is 19.7. The number of ether oxygens (including phenoxy) is 1. The molecule has 7 heteroatoms. The Kier molecular flexibility index (Phi) is 5.55. The van der Waals surface area contributed by atoms with Crippen molar-refractivity contribution in [2.45, 2.75) is 44.6 Å². The fraction of sp³-hybridized carbons (Fsp3) is 0.526. The van der Waals surface area contributed by atoms with Crippen molar-refractivity contribution in [3.63, 3.8) is 0 Å². The highest BCUT2D eigenvalue weighted by atomic mass is 19.1. The molecule has 1 saturated heterocycles. The van der Waals surface area contributed by atoms with Crippen LogP contribution in [0.1, 0.15) is 39.2 Å². The van der Waals surface area contributed by atoms with Crippen LogP contribution in [0, 0.1) is 23.1 Å². The number of carboxylic acid groups (broad SMARTS) is 1. The first-order valence-corrected chi connectivity index (χ1v) is 8.45. The lowest BCUT2D eigenvalue weighted by molar-refractivity contribution is -0.142. The smallest absolute Gasteiger partial charge is 0.410 e. The van der Waals surface area contributed by atoms with Crippen molar-refractivity contribution in [2.75, 3.05) is 13.1 Å². The van der Waals surface area contributed by atoms with Gasteiger partial charge in [-0.05, 0) is 51.3 Å². The molecule has 1 aromatic rings. The lowest BCUT2D eigenvalue weighted by atomic mass is 9.64. The molecule has 1 fully saturated rings. The van der Waals surface area contributed by atoms with Crippen LogP contribution in [0.4, 0.5) is 9.18 Å². The highest BCUT2D eigenvalue weighted by Crippen LogP contribution is 2.42. The number of carboxylic acids is 1. The molecular formula is C19H23FN2O4. The van der Waals surface area contributed by atoms with Crippen LogP contribution >= 0.6 is 0 Å². The van der Waals surface area contributed by atoms with Crippen LogP contribution < -0.4 is 0 Å². The number of aliphatic carboxylic acids is 1. The molecule has 0 aliphatic carbocycles. The van der Waals surface area contributed by atoms with Crippen molar-refractivity contribution in [1.29, 1.82) is 5.26 Å². The molecule has 26 heavy (non-hydrogen) atoms. The number of likely N-dealkylation sites (tertiary alicyclic amines) is 1. The molecule has 0 radical (unpaired) electrons.